The Morgan fingerprint density at radius 3 is 3.04 bits per heavy atom. The van der Waals surface area contributed by atoms with Crippen LogP contribution in [0.2, 0.25) is 5.02 Å². The number of amides is 1. The van der Waals surface area contributed by atoms with Crippen molar-refractivity contribution in [3.05, 3.63) is 51.2 Å². The van der Waals surface area contributed by atoms with E-state index in [2.05, 4.69) is 5.32 Å². The molecular weight excluding hydrogens is 350 g/mol. The minimum absolute atomic E-state index is 0.240. The molecule has 0 radical (unpaired) electrons. The molecule has 0 saturated carbocycles. The molecule has 0 bridgehead atoms. The van der Waals surface area contributed by atoms with Crippen LogP contribution < -0.4 is 10.1 Å². The van der Waals surface area contributed by atoms with Crippen molar-refractivity contribution < 1.29 is 19.1 Å². The van der Waals surface area contributed by atoms with Gasteiger partial charge in [0, 0.05) is 9.90 Å². The molecule has 126 valence electrons. The maximum absolute atomic E-state index is 12.1. The fourth-order valence-electron chi connectivity index (χ4n) is 2.42. The molecule has 0 fully saturated rings. The highest BCUT2D eigenvalue weighted by Gasteiger charge is 2.27. The van der Waals surface area contributed by atoms with Gasteiger partial charge in [-0.1, -0.05) is 17.7 Å². The van der Waals surface area contributed by atoms with E-state index in [0.29, 0.717) is 18.0 Å². The van der Waals surface area contributed by atoms with Crippen molar-refractivity contribution in [2.24, 2.45) is 5.92 Å². The Morgan fingerprint density at radius 1 is 1.38 bits per heavy atom. The lowest BCUT2D eigenvalue weighted by molar-refractivity contribution is -0.153. The highest BCUT2D eigenvalue weighted by atomic mass is 35.5. The molecule has 1 aliphatic heterocycles. The Bertz CT molecular complexity index is 732. The quantitative estimate of drug-likeness (QED) is 0.827. The summed E-state index contributed by atoms with van der Waals surface area (Å²) in [6, 6.07) is 9.16. The van der Waals surface area contributed by atoms with E-state index in [0.717, 1.165) is 16.2 Å². The summed E-state index contributed by atoms with van der Waals surface area (Å²) < 4.78 is 10.7. The van der Waals surface area contributed by atoms with E-state index in [4.69, 9.17) is 21.1 Å². The molecule has 7 heteroatoms. The van der Waals surface area contributed by atoms with Gasteiger partial charge in [-0.3, -0.25) is 9.59 Å². The normalized spacial score (nSPS) is 16.0. The number of carbonyl (C=O) groups is 2. The van der Waals surface area contributed by atoms with Gasteiger partial charge in [-0.05, 0) is 41.6 Å². The molecule has 1 atom stereocenters. The van der Waals surface area contributed by atoms with E-state index in [1.165, 1.54) is 0 Å². The Hall–Kier alpha value is -2.05. The molecule has 1 aliphatic rings. The highest BCUT2D eigenvalue weighted by Crippen LogP contribution is 2.30. The Labute approximate surface area is 148 Å². The average molecular weight is 366 g/mol. The third-order valence-electron chi connectivity index (χ3n) is 3.65. The van der Waals surface area contributed by atoms with Gasteiger partial charge < -0.3 is 14.8 Å². The summed E-state index contributed by atoms with van der Waals surface area (Å²) in [7, 11) is 0. The summed E-state index contributed by atoms with van der Waals surface area (Å²) in [6.45, 7) is 0.389. The van der Waals surface area contributed by atoms with Gasteiger partial charge in [-0.2, -0.15) is 0 Å². The van der Waals surface area contributed by atoms with Crippen molar-refractivity contribution in [2.75, 3.05) is 13.2 Å². The maximum Gasteiger partial charge on any atom is 0.313 e. The molecule has 0 aliphatic carbocycles. The zero-order valence-electron chi connectivity index (χ0n) is 12.8. The van der Waals surface area contributed by atoms with Crippen LogP contribution in [0.4, 0.5) is 0 Å². The second-order valence-corrected chi connectivity index (χ2v) is 6.90. The second kappa shape index (κ2) is 7.68. The molecule has 1 aromatic heterocycles. The van der Waals surface area contributed by atoms with Crippen LogP contribution in [0.15, 0.2) is 35.7 Å². The van der Waals surface area contributed by atoms with Crippen molar-refractivity contribution >= 4 is 34.8 Å². The van der Waals surface area contributed by atoms with Crippen LogP contribution in [0.5, 0.6) is 5.75 Å². The lowest BCUT2D eigenvalue weighted by Gasteiger charge is -2.24. The second-order valence-electron chi connectivity index (χ2n) is 5.43. The minimum Gasteiger partial charge on any atom is -0.492 e. The number of carbonyl (C=O) groups excluding carboxylic acids is 2. The van der Waals surface area contributed by atoms with E-state index < -0.39 is 11.9 Å². The Morgan fingerprint density at radius 2 is 2.25 bits per heavy atom. The number of esters is 1. The van der Waals surface area contributed by atoms with Gasteiger partial charge in [-0.25, -0.2) is 0 Å². The topological polar surface area (TPSA) is 64.6 Å². The van der Waals surface area contributed by atoms with E-state index in [-0.39, 0.29) is 19.1 Å². The summed E-state index contributed by atoms with van der Waals surface area (Å²) in [4.78, 5) is 24.9. The average Bonchev–Trinajstić information content (AvgIpc) is 3.10. The van der Waals surface area contributed by atoms with Crippen molar-refractivity contribution in [3.63, 3.8) is 0 Å². The van der Waals surface area contributed by atoms with E-state index >= 15 is 0 Å². The molecular formula is C17H16ClNO4S. The van der Waals surface area contributed by atoms with Crippen LogP contribution in [-0.4, -0.2) is 25.1 Å². The maximum atomic E-state index is 12.1. The smallest absolute Gasteiger partial charge is 0.313 e. The SMILES string of the molecule is O=C(COC(=O)[C@@H]1COc2ccc(Cl)cc2C1)NCc1cccs1. The number of thiophene rings is 1. The van der Waals surface area contributed by atoms with Gasteiger partial charge in [-0.15, -0.1) is 11.3 Å². The molecule has 0 unspecified atom stereocenters. The van der Waals surface area contributed by atoms with Crippen molar-refractivity contribution in [3.8, 4) is 5.75 Å². The monoisotopic (exact) mass is 365 g/mol. The molecule has 24 heavy (non-hydrogen) atoms. The first kappa shape index (κ1) is 16.8. The molecule has 1 amide bonds. The minimum atomic E-state index is -0.438. The van der Waals surface area contributed by atoms with Crippen LogP contribution >= 0.6 is 22.9 Å². The molecule has 1 N–H and O–H groups in total. The molecule has 2 aromatic rings. The molecule has 2 heterocycles. The lowest BCUT2D eigenvalue weighted by atomic mass is 9.97. The fraction of sp³-hybridized carbons (Fsp3) is 0.294. The van der Waals surface area contributed by atoms with Crippen molar-refractivity contribution in [1.82, 2.24) is 5.32 Å². The molecule has 5 nitrogen and oxygen atoms in total. The lowest BCUT2D eigenvalue weighted by Crippen LogP contribution is -2.33. The van der Waals surface area contributed by atoms with Crippen LogP contribution in [0.25, 0.3) is 0 Å². The summed E-state index contributed by atoms with van der Waals surface area (Å²) in [5.74, 6) is -0.456. The van der Waals surface area contributed by atoms with E-state index in [1.807, 2.05) is 17.5 Å². The number of rotatable bonds is 5. The zero-order valence-corrected chi connectivity index (χ0v) is 14.4. The number of fused-ring (bicyclic) bond motifs is 1. The van der Waals surface area contributed by atoms with Gasteiger partial charge in [0.15, 0.2) is 6.61 Å². The summed E-state index contributed by atoms with van der Waals surface area (Å²) in [5, 5.41) is 5.25. The van der Waals surface area contributed by atoms with Crippen molar-refractivity contribution in [1.29, 1.82) is 0 Å². The molecule has 0 saturated heterocycles. The molecule has 0 spiro atoms. The number of hydrogen-bond donors (Lipinski definition) is 1. The number of ether oxygens (including phenoxy) is 2. The van der Waals surface area contributed by atoms with Crippen LogP contribution in [-0.2, 0) is 27.3 Å². The fourth-order valence-corrected chi connectivity index (χ4v) is 3.26. The number of halogens is 1. The van der Waals surface area contributed by atoms with Gasteiger partial charge in [0.05, 0.1) is 12.5 Å². The van der Waals surface area contributed by atoms with Gasteiger partial charge in [0.1, 0.15) is 12.4 Å². The summed E-state index contributed by atoms with van der Waals surface area (Å²) >= 11 is 7.52. The van der Waals surface area contributed by atoms with Crippen LogP contribution in [0.3, 0.4) is 0 Å². The summed E-state index contributed by atoms with van der Waals surface area (Å²) in [5.41, 5.74) is 0.873. The third-order valence-corrected chi connectivity index (χ3v) is 4.76. The van der Waals surface area contributed by atoms with Gasteiger partial charge >= 0.3 is 5.97 Å². The highest BCUT2D eigenvalue weighted by molar-refractivity contribution is 7.09. The molecule has 1 aromatic carbocycles. The van der Waals surface area contributed by atoms with Gasteiger partial charge in [0.2, 0.25) is 0 Å². The zero-order chi connectivity index (χ0) is 16.9. The van der Waals surface area contributed by atoms with Gasteiger partial charge in [0.25, 0.3) is 5.91 Å². The third kappa shape index (κ3) is 4.27. The predicted molar refractivity (Wildman–Crippen MR) is 91.3 cm³/mol. The largest absolute Gasteiger partial charge is 0.492 e. The number of hydrogen-bond acceptors (Lipinski definition) is 5. The Balaban J connectivity index is 1.46. The Kier molecular flexibility index (Phi) is 5.37. The summed E-state index contributed by atoms with van der Waals surface area (Å²) in [6.07, 6.45) is 0.492. The molecule has 3 rings (SSSR count). The van der Waals surface area contributed by atoms with Crippen molar-refractivity contribution in [2.45, 2.75) is 13.0 Å². The first-order valence-corrected chi connectivity index (χ1v) is 8.74. The van der Waals surface area contributed by atoms with E-state index in [9.17, 15) is 9.59 Å². The predicted octanol–water partition coefficient (Wildman–Crippen LogP) is 2.81. The number of nitrogens with one attached hydrogen (secondary N) is 1. The van der Waals surface area contributed by atoms with Crippen LogP contribution in [0.1, 0.15) is 10.4 Å². The first-order chi connectivity index (χ1) is 11.6. The standard InChI is InChI=1S/C17H16ClNO4S/c18-13-3-4-15-11(7-13)6-12(9-22-15)17(21)23-10-16(20)19-8-14-2-1-5-24-14/h1-5,7,12H,6,8-10H2,(H,19,20)/t12-/m0/s1. The van der Waals surface area contributed by atoms with Crippen LogP contribution in [0, 0.1) is 5.92 Å². The number of benzene rings is 1. The van der Waals surface area contributed by atoms with E-state index in [1.54, 1.807) is 29.5 Å². The first-order valence-electron chi connectivity index (χ1n) is 7.49.